The van der Waals surface area contributed by atoms with Crippen molar-refractivity contribution in [3.8, 4) is 0 Å². The Morgan fingerprint density at radius 1 is 0.900 bits per heavy atom. The zero-order chi connectivity index (χ0) is 13.9. The minimum atomic E-state index is -0.0401. The SMILES string of the molecule is OCCc1ccc2c(c1)Sc1ccccc1[S+]2CCO. The highest BCUT2D eigenvalue weighted by atomic mass is 32.2. The molecule has 2 N–H and O–H groups in total. The van der Waals surface area contributed by atoms with Crippen molar-refractivity contribution in [1.29, 1.82) is 0 Å². The largest absolute Gasteiger partial charge is 0.396 e. The summed E-state index contributed by atoms with van der Waals surface area (Å²) in [4.78, 5) is 5.22. The second kappa shape index (κ2) is 6.22. The van der Waals surface area contributed by atoms with Gasteiger partial charge in [-0.15, -0.1) is 0 Å². The van der Waals surface area contributed by atoms with Crippen LogP contribution >= 0.6 is 11.8 Å². The smallest absolute Gasteiger partial charge is 0.174 e. The van der Waals surface area contributed by atoms with E-state index in [0.29, 0.717) is 6.42 Å². The molecule has 1 heterocycles. The maximum Gasteiger partial charge on any atom is 0.174 e. The van der Waals surface area contributed by atoms with Crippen LogP contribution in [0.25, 0.3) is 0 Å². The predicted octanol–water partition coefficient (Wildman–Crippen LogP) is 2.71. The van der Waals surface area contributed by atoms with Crippen LogP contribution in [-0.2, 0) is 17.3 Å². The van der Waals surface area contributed by atoms with E-state index in [-0.39, 0.29) is 24.1 Å². The average molecular weight is 305 g/mol. The van der Waals surface area contributed by atoms with Crippen LogP contribution in [0.15, 0.2) is 62.0 Å². The van der Waals surface area contributed by atoms with E-state index >= 15 is 0 Å². The van der Waals surface area contributed by atoms with Crippen molar-refractivity contribution in [2.75, 3.05) is 19.0 Å². The average Bonchev–Trinajstić information content (AvgIpc) is 2.47. The molecule has 0 fully saturated rings. The van der Waals surface area contributed by atoms with Gasteiger partial charge >= 0.3 is 0 Å². The van der Waals surface area contributed by atoms with Gasteiger partial charge in [-0.2, -0.15) is 0 Å². The van der Waals surface area contributed by atoms with Gasteiger partial charge in [-0.3, -0.25) is 0 Å². The van der Waals surface area contributed by atoms with Crippen LogP contribution in [0.4, 0.5) is 0 Å². The van der Waals surface area contributed by atoms with Gasteiger partial charge in [0.15, 0.2) is 9.79 Å². The second-order valence-electron chi connectivity index (χ2n) is 4.62. The Morgan fingerprint density at radius 3 is 2.50 bits per heavy atom. The molecule has 1 aliphatic rings. The number of rotatable bonds is 4. The Kier molecular flexibility index (Phi) is 4.36. The molecule has 0 aliphatic carbocycles. The fraction of sp³-hybridized carbons (Fsp3) is 0.250. The van der Waals surface area contributed by atoms with E-state index in [0.717, 1.165) is 5.75 Å². The number of hydrogen-bond donors (Lipinski definition) is 2. The van der Waals surface area contributed by atoms with Gasteiger partial charge in [0.2, 0.25) is 0 Å². The highest BCUT2D eigenvalue weighted by Gasteiger charge is 2.35. The summed E-state index contributed by atoms with van der Waals surface area (Å²) in [7, 11) is -0.0401. The Morgan fingerprint density at radius 2 is 1.70 bits per heavy atom. The Hall–Kier alpha value is -0.940. The lowest BCUT2D eigenvalue weighted by atomic mass is 10.2. The third-order valence-corrected chi connectivity index (χ3v) is 7.06. The minimum absolute atomic E-state index is 0.0401. The van der Waals surface area contributed by atoms with Crippen LogP contribution in [0.1, 0.15) is 5.56 Å². The van der Waals surface area contributed by atoms with Gasteiger partial charge in [-0.05, 0) is 36.2 Å². The highest BCUT2D eigenvalue weighted by molar-refractivity contribution is 8.04. The van der Waals surface area contributed by atoms with Gasteiger partial charge in [0.25, 0.3) is 0 Å². The zero-order valence-corrected chi connectivity index (χ0v) is 12.7. The van der Waals surface area contributed by atoms with Crippen molar-refractivity contribution in [3.05, 3.63) is 48.0 Å². The summed E-state index contributed by atoms with van der Waals surface area (Å²) in [6.45, 7) is 0.391. The van der Waals surface area contributed by atoms with Gasteiger partial charge < -0.3 is 10.2 Å². The van der Waals surface area contributed by atoms with Crippen LogP contribution in [0.5, 0.6) is 0 Å². The third-order valence-electron chi connectivity index (χ3n) is 3.30. The molecule has 2 nitrogen and oxygen atoms in total. The lowest BCUT2D eigenvalue weighted by Crippen LogP contribution is -2.16. The van der Waals surface area contributed by atoms with Crippen LogP contribution in [0.3, 0.4) is 0 Å². The van der Waals surface area contributed by atoms with E-state index in [2.05, 4.69) is 42.5 Å². The molecule has 0 bridgehead atoms. The molecule has 2 aromatic rings. The van der Waals surface area contributed by atoms with Crippen molar-refractivity contribution in [3.63, 3.8) is 0 Å². The van der Waals surface area contributed by atoms with Crippen LogP contribution < -0.4 is 0 Å². The van der Waals surface area contributed by atoms with Crippen molar-refractivity contribution >= 4 is 22.7 Å². The minimum Gasteiger partial charge on any atom is -0.396 e. The van der Waals surface area contributed by atoms with Crippen molar-refractivity contribution in [2.45, 2.75) is 26.0 Å². The molecule has 0 radical (unpaired) electrons. The number of aliphatic hydroxyl groups excluding tert-OH is 2. The highest BCUT2D eigenvalue weighted by Crippen LogP contribution is 2.45. The Labute approximate surface area is 126 Å². The maximum atomic E-state index is 9.38. The molecule has 0 saturated carbocycles. The summed E-state index contributed by atoms with van der Waals surface area (Å²) in [5, 5.41) is 18.5. The Bertz CT molecular complexity index is 613. The molecular weight excluding hydrogens is 288 g/mol. The molecule has 0 amide bonds. The summed E-state index contributed by atoms with van der Waals surface area (Å²) < 4.78 is 0. The van der Waals surface area contributed by atoms with Crippen molar-refractivity contribution in [1.82, 2.24) is 0 Å². The molecule has 104 valence electrons. The first kappa shape index (κ1) is 14.0. The first-order valence-corrected chi connectivity index (χ1v) is 8.87. The van der Waals surface area contributed by atoms with Gasteiger partial charge in [-0.1, -0.05) is 30.0 Å². The van der Waals surface area contributed by atoms with Crippen molar-refractivity contribution < 1.29 is 10.2 Å². The molecule has 0 saturated heterocycles. The first-order valence-electron chi connectivity index (χ1n) is 6.66. The number of hydrogen-bond acceptors (Lipinski definition) is 3. The van der Waals surface area contributed by atoms with Gasteiger partial charge in [0, 0.05) is 6.61 Å². The van der Waals surface area contributed by atoms with E-state index in [1.54, 1.807) is 11.8 Å². The molecule has 4 heteroatoms. The lowest BCUT2D eigenvalue weighted by Gasteiger charge is -2.19. The standard InChI is InChI=1S/C16H17O2S2/c17-8-7-12-5-6-16-14(11-12)19-13-3-1-2-4-15(13)20(16)10-9-18/h1-6,11,17-18H,7-10H2/q+1. The van der Waals surface area contributed by atoms with Gasteiger partial charge in [0.1, 0.15) is 5.75 Å². The summed E-state index contributed by atoms with van der Waals surface area (Å²) in [5.41, 5.74) is 1.17. The monoisotopic (exact) mass is 305 g/mol. The summed E-state index contributed by atoms with van der Waals surface area (Å²) in [5.74, 6) is 0.782. The van der Waals surface area contributed by atoms with Gasteiger partial charge in [0.05, 0.1) is 27.3 Å². The van der Waals surface area contributed by atoms with E-state index in [1.807, 2.05) is 0 Å². The second-order valence-corrected chi connectivity index (χ2v) is 7.78. The molecule has 0 aromatic heterocycles. The molecule has 2 aromatic carbocycles. The van der Waals surface area contributed by atoms with Crippen LogP contribution in [0, 0.1) is 0 Å². The lowest BCUT2D eigenvalue weighted by molar-refractivity contribution is 0.299. The fourth-order valence-electron chi connectivity index (χ4n) is 2.41. The molecular formula is C16H17O2S2+. The molecule has 1 aliphatic heterocycles. The molecule has 1 atom stereocenters. The van der Waals surface area contributed by atoms with Crippen LogP contribution in [-0.4, -0.2) is 29.2 Å². The molecule has 1 unspecified atom stereocenters. The maximum absolute atomic E-state index is 9.38. The van der Waals surface area contributed by atoms with Crippen LogP contribution in [0.2, 0.25) is 0 Å². The zero-order valence-electron chi connectivity index (χ0n) is 11.1. The summed E-state index contributed by atoms with van der Waals surface area (Å²) in [6.07, 6.45) is 0.698. The number of aliphatic hydroxyl groups is 2. The van der Waals surface area contributed by atoms with Crippen molar-refractivity contribution in [2.24, 2.45) is 0 Å². The first-order chi connectivity index (χ1) is 9.83. The normalized spacial score (nSPS) is 16.6. The van der Waals surface area contributed by atoms with E-state index in [9.17, 15) is 5.11 Å². The summed E-state index contributed by atoms with van der Waals surface area (Å²) in [6, 6.07) is 14.9. The number of benzene rings is 2. The van der Waals surface area contributed by atoms with Gasteiger partial charge in [-0.25, -0.2) is 0 Å². The molecule has 20 heavy (non-hydrogen) atoms. The quantitative estimate of drug-likeness (QED) is 0.853. The predicted molar refractivity (Wildman–Crippen MR) is 83.6 cm³/mol. The molecule has 0 spiro atoms. The molecule has 3 rings (SSSR count). The Balaban J connectivity index is 2.05. The third kappa shape index (κ3) is 2.61. The summed E-state index contributed by atoms with van der Waals surface area (Å²) >= 11 is 1.80. The van der Waals surface area contributed by atoms with E-state index in [1.165, 1.54) is 25.1 Å². The topological polar surface area (TPSA) is 40.5 Å². The number of fused-ring (bicyclic) bond motifs is 2. The fourth-order valence-corrected chi connectivity index (χ4v) is 6.14. The van der Waals surface area contributed by atoms with E-state index in [4.69, 9.17) is 5.11 Å². The van der Waals surface area contributed by atoms with E-state index < -0.39 is 0 Å².